The van der Waals surface area contributed by atoms with Crippen LogP contribution in [0.4, 0.5) is 18.9 Å². The summed E-state index contributed by atoms with van der Waals surface area (Å²) in [6.45, 7) is 1.92. The van der Waals surface area contributed by atoms with Crippen molar-refractivity contribution in [1.29, 1.82) is 0 Å². The van der Waals surface area contributed by atoms with E-state index < -0.39 is 17.7 Å². The van der Waals surface area contributed by atoms with Gasteiger partial charge in [-0.3, -0.25) is 4.79 Å². The van der Waals surface area contributed by atoms with Gasteiger partial charge in [0, 0.05) is 11.3 Å². The number of benzene rings is 2. The van der Waals surface area contributed by atoms with Gasteiger partial charge in [0.1, 0.15) is 4.88 Å². The van der Waals surface area contributed by atoms with Crippen molar-refractivity contribution in [3.8, 4) is 10.4 Å². The number of carboxylic acid groups (broad SMARTS) is 1. The minimum atomic E-state index is -4.45. The fourth-order valence-corrected chi connectivity index (χ4v) is 4.24. The minimum absolute atomic E-state index is 0.0145. The number of thiophene rings is 1. The number of amides is 1. The Labute approximate surface area is 187 Å². The molecule has 3 rings (SSSR count). The van der Waals surface area contributed by atoms with Crippen LogP contribution in [0.2, 0.25) is 0 Å². The average Bonchev–Trinajstić information content (AvgIpc) is 3.21. The maximum absolute atomic E-state index is 13.0. The molecule has 0 saturated heterocycles. The van der Waals surface area contributed by atoms with Gasteiger partial charge in [-0.25, -0.2) is 4.79 Å². The average molecular weight is 462 g/mol. The molecule has 2 aromatic carbocycles. The van der Waals surface area contributed by atoms with Crippen molar-refractivity contribution in [2.45, 2.75) is 38.9 Å². The van der Waals surface area contributed by atoms with Crippen LogP contribution >= 0.6 is 11.3 Å². The summed E-state index contributed by atoms with van der Waals surface area (Å²) in [5.41, 5.74) is 0.772. The fourth-order valence-electron chi connectivity index (χ4n) is 3.23. The van der Waals surface area contributed by atoms with Crippen molar-refractivity contribution in [3.63, 3.8) is 0 Å². The van der Waals surface area contributed by atoms with Crippen LogP contribution in [0.25, 0.3) is 10.4 Å². The van der Waals surface area contributed by atoms with E-state index in [-0.39, 0.29) is 29.4 Å². The normalized spacial score (nSPS) is 11.4. The minimum Gasteiger partial charge on any atom is -0.477 e. The lowest BCUT2D eigenvalue weighted by Gasteiger charge is -2.23. The van der Waals surface area contributed by atoms with Crippen LogP contribution < -0.4 is 4.90 Å². The number of hydrogen-bond donors (Lipinski definition) is 1. The quantitative estimate of drug-likeness (QED) is 0.399. The van der Waals surface area contributed by atoms with Gasteiger partial charge >= 0.3 is 12.1 Å². The zero-order chi connectivity index (χ0) is 23.3. The maximum atomic E-state index is 13.0. The van der Waals surface area contributed by atoms with Gasteiger partial charge in [0.2, 0.25) is 5.91 Å². The zero-order valence-corrected chi connectivity index (χ0v) is 18.2. The van der Waals surface area contributed by atoms with Crippen LogP contribution in [0, 0.1) is 0 Å². The predicted octanol–water partition coefficient (Wildman–Crippen LogP) is 6.86. The third-order valence-corrected chi connectivity index (χ3v) is 6.08. The van der Waals surface area contributed by atoms with Crippen LogP contribution in [-0.2, 0) is 17.5 Å². The van der Waals surface area contributed by atoms with Crippen LogP contribution in [-0.4, -0.2) is 17.0 Å². The molecule has 0 radical (unpaired) electrons. The molecule has 3 aromatic rings. The van der Waals surface area contributed by atoms with Crippen molar-refractivity contribution in [2.24, 2.45) is 0 Å². The highest BCUT2D eigenvalue weighted by molar-refractivity contribution is 7.18. The smallest absolute Gasteiger partial charge is 0.416 e. The number of halogens is 3. The first-order valence-electron chi connectivity index (χ1n) is 10.1. The van der Waals surface area contributed by atoms with E-state index in [1.165, 1.54) is 17.0 Å². The predicted molar refractivity (Wildman–Crippen MR) is 119 cm³/mol. The molecule has 1 amide bonds. The number of aromatic carboxylic acids is 1. The molecule has 0 saturated carbocycles. The van der Waals surface area contributed by atoms with Crippen LogP contribution in [0.5, 0.6) is 0 Å². The van der Waals surface area contributed by atoms with Crippen molar-refractivity contribution >= 4 is 28.9 Å². The molecule has 0 aliphatic heterocycles. The molecule has 0 bridgehead atoms. The van der Waals surface area contributed by atoms with Crippen LogP contribution in [0.15, 0.2) is 60.7 Å². The van der Waals surface area contributed by atoms with E-state index in [2.05, 4.69) is 0 Å². The van der Waals surface area contributed by atoms with E-state index in [0.29, 0.717) is 16.9 Å². The Balaban J connectivity index is 2.01. The molecule has 0 fully saturated rings. The van der Waals surface area contributed by atoms with E-state index in [9.17, 15) is 27.9 Å². The molecule has 8 heteroatoms. The summed E-state index contributed by atoms with van der Waals surface area (Å²) in [7, 11) is 0. The lowest BCUT2D eigenvalue weighted by molar-refractivity contribution is -0.137. The van der Waals surface area contributed by atoms with E-state index in [0.717, 1.165) is 35.5 Å². The highest BCUT2D eigenvalue weighted by Gasteiger charge is 2.30. The summed E-state index contributed by atoms with van der Waals surface area (Å²) in [6.07, 6.45) is -2.83. The Bertz CT molecular complexity index is 1080. The number of nitrogens with zero attached hydrogens (tertiary/aromatic N) is 1. The number of carbonyl (C=O) groups excluding carboxylic acids is 1. The van der Waals surface area contributed by atoms with Crippen molar-refractivity contribution in [1.82, 2.24) is 0 Å². The van der Waals surface area contributed by atoms with Crippen molar-refractivity contribution in [2.75, 3.05) is 4.90 Å². The van der Waals surface area contributed by atoms with Gasteiger partial charge in [-0.15, -0.1) is 11.3 Å². The number of anilines is 1. The number of carbonyl (C=O) groups is 2. The van der Waals surface area contributed by atoms with E-state index in [1.807, 2.05) is 37.3 Å². The first-order chi connectivity index (χ1) is 15.2. The van der Waals surface area contributed by atoms with Crippen molar-refractivity contribution in [3.05, 3.63) is 76.7 Å². The molecular weight excluding hydrogens is 439 g/mol. The largest absolute Gasteiger partial charge is 0.477 e. The number of alkyl halides is 3. The highest BCUT2D eigenvalue weighted by Crippen LogP contribution is 2.38. The molecular formula is C24H22F3NO3S. The lowest BCUT2D eigenvalue weighted by atomic mass is 10.1. The SMILES string of the molecule is CCCCC(=O)N(Cc1ccc(C(F)(F)F)cc1)c1cc(-c2ccccc2)sc1C(=O)O. The van der Waals surface area contributed by atoms with Gasteiger partial charge < -0.3 is 10.0 Å². The number of rotatable bonds is 8. The summed E-state index contributed by atoms with van der Waals surface area (Å²) >= 11 is 1.06. The number of unbranched alkanes of at least 4 members (excludes halogenated alkanes) is 1. The van der Waals surface area contributed by atoms with Gasteiger partial charge in [-0.05, 0) is 35.7 Å². The second kappa shape index (κ2) is 9.99. The molecule has 1 N–H and O–H groups in total. The fraction of sp³-hybridized carbons (Fsp3) is 0.250. The third-order valence-electron chi connectivity index (χ3n) is 4.92. The van der Waals surface area contributed by atoms with Gasteiger partial charge in [0.25, 0.3) is 0 Å². The monoisotopic (exact) mass is 461 g/mol. The molecule has 1 aromatic heterocycles. The molecule has 0 atom stereocenters. The molecule has 0 unspecified atom stereocenters. The summed E-state index contributed by atoms with van der Waals surface area (Å²) in [6, 6.07) is 15.4. The molecule has 32 heavy (non-hydrogen) atoms. The third kappa shape index (κ3) is 5.56. The second-order valence-corrected chi connectivity index (χ2v) is 8.33. The van der Waals surface area contributed by atoms with Gasteiger partial charge in [0.05, 0.1) is 17.8 Å². The van der Waals surface area contributed by atoms with E-state index >= 15 is 0 Å². The topological polar surface area (TPSA) is 57.6 Å². The maximum Gasteiger partial charge on any atom is 0.416 e. The van der Waals surface area contributed by atoms with Gasteiger partial charge in [-0.2, -0.15) is 13.2 Å². The first-order valence-corrected chi connectivity index (χ1v) is 10.9. The van der Waals surface area contributed by atoms with Crippen LogP contribution in [0.3, 0.4) is 0 Å². The highest BCUT2D eigenvalue weighted by atomic mass is 32.1. The molecule has 0 aliphatic carbocycles. The summed E-state index contributed by atoms with van der Waals surface area (Å²) in [5, 5.41) is 9.77. The molecule has 0 aliphatic rings. The Kier molecular flexibility index (Phi) is 7.35. The summed E-state index contributed by atoms with van der Waals surface area (Å²) in [4.78, 5) is 27.0. The molecule has 4 nitrogen and oxygen atoms in total. The Morgan fingerprint density at radius 3 is 2.25 bits per heavy atom. The van der Waals surface area contributed by atoms with E-state index in [1.54, 1.807) is 6.07 Å². The van der Waals surface area contributed by atoms with Gasteiger partial charge in [0.15, 0.2) is 0 Å². The molecule has 168 valence electrons. The Hall–Kier alpha value is -3.13. The number of carboxylic acids is 1. The van der Waals surface area contributed by atoms with Gasteiger partial charge in [-0.1, -0.05) is 55.8 Å². The first kappa shape index (κ1) is 23.5. The lowest BCUT2D eigenvalue weighted by Crippen LogP contribution is -2.31. The second-order valence-electron chi connectivity index (χ2n) is 7.27. The molecule has 1 heterocycles. The summed E-state index contributed by atoms with van der Waals surface area (Å²) < 4.78 is 38.7. The Morgan fingerprint density at radius 2 is 1.69 bits per heavy atom. The Morgan fingerprint density at radius 1 is 1.03 bits per heavy atom. The standard InChI is InChI=1S/C24H22F3NO3S/c1-2-3-9-21(29)28(15-16-10-12-18(13-11-16)24(25,26)27)19-14-20(32-22(19)23(30)31)17-7-5-4-6-8-17/h4-8,10-14H,2-3,9,15H2,1H3,(H,30,31). The number of hydrogen-bond acceptors (Lipinski definition) is 3. The zero-order valence-electron chi connectivity index (χ0n) is 17.4. The summed E-state index contributed by atoms with van der Waals surface area (Å²) in [5.74, 6) is -1.43. The van der Waals surface area contributed by atoms with E-state index in [4.69, 9.17) is 0 Å². The van der Waals surface area contributed by atoms with Crippen LogP contribution in [0.1, 0.15) is 47.0 Å². The van der Waals surface area contributed by atoms with Crippen molar-refractivity contribution < 1.29 is 27.9 Å². The molecule has 0 spiro atoms.